The van der Waals surface area contributed by atoms with Gasteiger partial charge in [0.2, 0.25) is 0 Å². The number of carbonyl (C=O) groups is 1. The van der Waals surface area contributed by atoms with E-state index in [1.807, 2.05) is 66.4 Å². The van der Waals surface area contributed by atoms with E-state index in [-0.39, 0.29) is 5.91 Å². The molecule has 0 unspecified atom stereocenters. The minimum absolute atomic E-state index is 0.168. The van der Waals surface area contributed by atoms with Crippen molar-refractivity contribution >= 4 is 22.9 Å². The standard InChI is InChI=1S/C26H27N7OS/c1-4-5-9-20-19(25(34)27-16-21-18(3)30-23-11-6-7-12-32(21)23)15-29-33(20)26-28-14-17(2)24(31-26)22-10-8-13-35-22/h6-8,10-15H,4-5,9,16H2,1-3H3,(H,27,34). The quantitative estimate of drug-likeness (QED) is 0.337. The molecule has 5 aromatic heterocycles. The molecule has 178 valence electrons. The van der Waals surface area contributed by atoms with E-state index in [0.29, 0.717) is 24.5 Å². The number of hydrogen-bond acceptors (Lipinski definition) is 6. The molecule has 0 aliphatic carbocycles. The Bertz CT molecular complexity index is 1480. The van der Waals surface area contributed by atoms with Gasteiger partial charge < -0.3 is 9.72 Å². The third kappa shape index (κ3) is 4.46. The van der Waals surface area contributed by atoms with Crippen molar-refractivity contribution < 1.29 is 4.79 Å². The van der Waals surface area contributed by atoms with Crippen molar-refractivity contribution in [2.75, 3.05) is 0 Å². The highest BCUT2D eigenvalue weighted by molar-refractivity contribution is 7.13. The monoisotopic (exact) mass is 485 g/mol. The van der Waals surface area contributed by atoms with E-state index in [0.717, 1.165) is 51.7 Å². The van der Waals surface area contributed by atoms with Crippen LogP contribution in [0.3, 0.4) is 0 Å². The number of nitrogens with one attached hydrogen (secondary N) is 1. The van der Waals surface area contributed by atoms with E-state index >= 15 is 0 Å². The van der Waals surface area contributed by atoms with Gasteiger partial charge in [0.1, 0.15) is 5.65 Å². The van der Waals surface area contributed by atoms with Gasteiger partial charge in [-0.2, -0.15) is 5.10 Å². The zero-order valence-corrected chi connectivity index (χ0v) is 20.8. The number of pyridine rings is 1. The summed E-state index contributed by atoms with van der Waals surface area (Å²) >= 11 is 1.64. The van der Waals surface area contributed by atoms with Crippen LogP contribution in [0.25, 0.3) is 22.2 Å². The van der Waals surface area contributed by atoms with Crippen LogP contribution in [-0.2, 0) is 13.0 Å². The van der Waals surface area contributed by atoms with Crippen LogP contribution in [0.15, 0.2) is 54.3 Å². The van der Waals surface area contributed by atoms with Crippen molar-refractivity contribution in [3.63, 3.8) is 0 Å². The maximum Gasteiger partial charge on any atom is 0.255 e. The summed E-state index contributed by atoms with van der Waals surface area (Å²) in [4.78, 5) is 28.3. The molecule has 0 fully saturated rings. The minimum atomic E-state index is -0.168. The van der Waals surface area contributed by atoms with E-state index in [2.05, 4.69) is 27.3 Å². The number of thiophene rings is 1. The lowest BCUT2D eigenvalue weighted by Crippen LogP contribution is -2.25. The Kier molecular flexibility index (Phi) is 6.41. The molecule has 1 amide bonds. The molecule has 0 spiro atoms. The molecular weight excluding hydrogens is 458 g/mol. The van der Waals surface area contributed by atoms with Crippen molar-refractivity contribution in [3.8, 4) is 16.5 Å². The lowest BCUT2D eigenvalue weighted by atomic mass is 10.1. The van der Waals surface area contributed by atoms with E-state index in [1.165, 1.54) is 0 Å². The van der Waals surface area contributed by atoms with Gasteiger partial charge in [-0.25, -0.2) is 19.6 Å². The predicted octanol–water partition coefficient (Wildman–Crippen LogP) is 4.93. The van der Waals surface area contributed by atoms with Crippen LogP contribution in [0, 0.1) is 13.8 Å². The molecule has 8 nitrogen and oxygen atoms in total. The first-order chi connectivity index (χ1) is 17.1. The van der Waals surface area contributed by atoms with Gasteiger partial charge in [0.25, 0.3) is 11.9 Å². The minimum Gasteiger partial charge on any atom is -0.346 e. The Balaban J connectivity index is 1.45. The van der Waals surface area contributed by atoms with Gasteiger partial charge in [0.15, 0.2) is 0 Å². The van der Waals surface area contributed by atoms with Crippen LogP contribution in [0.5, 0.6) is 0 Å². The van der Waals surface area contributed by atoms with Crippen LogP contribution >= 0.6 is 11.3 Å². The highest BCUT2D eigenvalue weighted by Gasteiger charge is 2.21. The first kappa shape index (κ1) is 22.9. The second kappa shape index (κ2) is 9.79. The second-order valence-electron chi connectivity index (χ2n) is 8.45. The highest BCUT2D eigenvalue weighted by Crippen LogP contribution is 2.26. The van der Waals surface area contributed by atoms with Crippen molar-refractivity contribution in [1.82, 2.24) is 34.4 Å². The summed E-state index contributed by atoms with van der Waals surface area (Å²) in [7, 11) is 0. The van der Waals surface area contributed by atoms with Crippen molar-refractivity contribution in [2.45, 2.75) is 46.6 Å². The number of unbranched alkanes of at least 4 members (excludes halogenated alkanes) is 1. The summed E-state index contributed by atoms with van der Waals surface area (Å²) in [6.07, 6.45) is 8.04. The van der Waals surface area contributed by atoms with Crippen LogP contribution in [-0.4, -0.2) is 35.0 Å². The topological polar surface area (TPSA) is 90.0 Å². The fourth-order valence-corrected chi connectivity index (χ4v) is 4.93. The zero-order chi connectivity index (χ0) is 24.4. The molecule has 1 N–H and O–H groups in total. The summed E-state index contributed by atoms with van der Waals surface area (Å²) < 4.78 is 3.71. The second-order valence-corrected chi connectivity index (χ2v) is 9.40. The highest BCUT2D eigenvalue weighted by atomic mass is 32.1. The van der Waals surface area contributed by atoms with Gasteiger partial charge in [-0.1, -0.05) is 25.5 Å². The third-order valence-electron chi connectivity index (χ3n) is 6.03. The smallest absolute Gasteiger partial charge is 0.255 e. The van der Waals surface area contributed by atoms with Gasteiger partial charge in [-0.3, -0.25) is 4.79 Å². The number of aryl methyl sites for hydroxylation is 2. The summed E-state index contributed by atoms with van der Waals surface area (Å²) in [5, 5.41) is 9.64. The summed E-state index contributed by atoms with van der Waals surface area (Å²) in [5.74, 6) is 0.306. The zero-order valence-electron chi connectivity index (χ0n) is 20.0. The van der Waals surface area contributed by atoms with E-state index in [4.69, 9.17) is 4.98 Å². The Labute approximate surface area is 207 Å². The van der Waals surface area contributed by atoms with Crippen LogP contribution < -0.4 is 5.32 Å². The van der Waals surface area contributed by atoms with E-state index < -0.39 is 0 Å². The van der Waals surface area contributed by atoms with Gasteiger partial charge in [0.05, 0.1) is 46.0 Å². The van der Waals surface area contributed by atoms with Crippen molar-refractivity contribution in [3.05, 3.63) is 82.5 Å². The molecule has 0 aliphatic rings. The maximum absolute atomic E-state index is 13.3. The van der Waals surface area contributed by atoms with E-state index in [1.54, 1.807) is 22.2 Å². The Morgan fingerprint density at radius 1 is 1.09 bits per heavy atom. The number of nitrogens with zero attached hydrogens (tertiary/aromatic N) is 6. The Morgan fingerprint density at radius 2 is 1.97 bits per heavy atom. The summed E-state index contributed by atoms with van der Waals surface area (Å²) in [6.45, 7) is 6.46. The fourth-order valence-electron chi connectivity index (χ4n) is 4.15. The maximum atomic E-state index is 13.3. The average Bonchev–Trinajstić information content (AvgIpc) is 3.60. The number of amides is 1. The van der Waals surface area contributed by atoms with E-state index in [9.17, 15) is 4.79 Å². The molecule has 0 radical (unpaired) electrons. The average molecular weight is 486 g/mol. The van der Waals surface area contributed by atoms with Crippen LogP contribution in [0.1, 0.15) is 52.8 Å². The SMILES string of the molecule is CCCCc1c(C(=O)NCc2c(C)nc3ccccn23)cnn1-c1ncc(C)c(-c2cccs2)n1. The molecule has 5 rings (SSSR count). The molecule has 0 aliphatic heterocycles. The van der Waals surface area contributed by atoms with Crippen molar-refractivity contribution in [1.29, 1.82) is 0 Å². The van der Waals surface area contributed by atoms with Crippen LogP contribution in [0.2, 0.25) is 0 Å². The third-order valence-corrected chi connectivity index (χ3v) is 6.91. The Hall–Kier alpha value is -3.85. The first-order valence-electron chi connectivity index (χ1n) is 11.7. The number of fused-ring (bicyclic) bond motifs is 1. The van der Waals surface area contributed by atoms with Crippen LogP contribution in [0.4, 0.5) is 0 Å². The lowest BCUT2D eigenvalue weighted by Gasteiger charge is -2.11. The normalized spacial score (nSPS) is 11.3. The molecule has 0 bridgehead atoms. The molecule has 5 aromatic rings. The molecule has 9 heteroatoms. The lowest BCUT2D eigenvalue weighted by molar-refractivity contribution is 0.0949. The van der Waals surface area contributed by atoms with Gasteiger partial charge >= 0.3 is 0 Å². The summed E-state index contributed by atoms with van der Waals surface area (Å²) in [6, 6.07) is 9.92. The van der Waals surface area contributed by atoms with Crippen molar-refractivity contribution in [2.24, 2.45) is 0 Å². The molecule has 0 atom stereocenters. The number of imidazole rings is 1. The molecule has 35 heavy (non-hydrogen) atoms. The predicted molar refractivity (Wildman–Crippen MR) is 137 cm³/mol. The fraction of sp³-hybridized carbons (Fsp3) is 0.269. The molecule has 0 saturated heterocycles. The number of hydrogen-bond donors (Lipinski definition) is 1. The van der Waals surface area contributed by atoms with Gasteiger partial charge in [-0.05, 0) is 55.8 Å². The number of carbonyl (C=O) groups excluding carboxylic acids is 1. The number of rotatable bonds is 8. The molecular formula is C26H27N7OS. The van der Waals surface area contributed by atoms with Gasteiger partial charge in [0, 0.05) is 12.4 Å². The molecule has 0 saturated carbocycles. The largest absolute Gasteiger partial charge is 0.346 e. The first-order valence-corrected chi connectivity index (χ1v) is 12.6. The molecule has 0 aromatic carbocycles. The summed E-state index contributed by atoms with van der Waals surface area (Å²) in [5.41, 5.74) is 5.97. The van der Waals surface area contributed by atoms with Gasteiger partial charge in [-0.15, -0.1) is 11.3 Å². The number of aromatic nitrogens is 6. The molecule has 5 heterocycles. The Morgan fingerprint density at radius 3 is 2.77 bits per heavy atom.